The number of carbonyl (C=O) groups excluding carboxylic acids is 1. The molecule has 3 aromatic rings. The van der Waals surface area contributed by atoms with Crippen LogP contribution < -0.4 is 14.8 Å². The molecule has 5 rings (SSSR count). The standard InChI is InChI=1S/C25H25ClN4O3/c1-25(2)12-17-21(18(31)13-25)22(14-5-8-16(26)9-6-14)30-24(27-17)28-23(29-30)15-7-10-19(32-3)20(11-15)33-4/h5-11,22H,12-13H2,1-4H3,(H,27,28,29)/t22-/m1/s1. The lowest BCUT2D eigenvalue weighted by Gasteiger charge is -2.38. The minimum atomic E-state index is -0.376. The topological polar surface area (TPSA) is 78.3 Å². The second-order valence-corrected chi connectivity index (χ2v) is 9.62. The Kier molecular flexibility index (Phi) is 5.16. The van der Waals surface area contributed by atoms with Gasteiger partial charge in [0.25, 0.3) is 0 Å². The third-order valence-electron chi connectivity index (χ3n) is 6.16. The number of nitrogens with zero attached hydrogens (tertiary/aromatic N) is 3. The Morgan fingerprint density at radius 2 is 1.79 bits per heavy atom. The molecule has 1 atom stereocenters. The van der Waals surface area contributed by atoms with Crippen LogP contribution in [0.4, 0.5) is 5.95 Å². The van der Waals surface area contributed by atoms with Crippen molar-refractivity contribution in [3.63, 3.8) is 0 Å². The van der Waals surface area contributed by atoms with Crippen molar-refractivity contribution in [2.45, 2.75) is 32.7 Å². The maximum absolute atomic E-state index is 13.3. The van der Waals surface area contributed by atoms with Gasteiger partial charge in [-0.1, -0.05) is 37.6 Å². The summed E-state index contributed by atoms with van der Waals surface area (Å²) in [6, 6.07) is 12.7. The maximum atomic E-state index is 13.3. The molecule has 2 aromatic carbocycles. The molecule has 0 amide bonds. The third kappa shape index (κ3) is 3.76. The first-order valence-corrected chi connectivity index (χ1v) is 11.1. The summed E-state index contributed by atoms with van der Waals surface area (Å²) in [4.78, 5) is 18.1. The predicted molar refractivity (Wildman–Crippen MR) is 127 cm³/mol. The van der Waals surface area contributed by atoms with Crippen molar-refractivity contribution in [1.29, 1.82) is 0 Å². The molecule has 0 spiro atoms. The fraction of sp³-hybridized carbons (Fsp3) is 0.320. The molecule has 0 unspecified atom stereocenters. The second-order valence-electron chi connectivity index (χ2n) is 9.19. The molecule has 170 valence electrons. The van der Waals surface area contributed by atoms with Gasteiger partial charge in [-0.05, 0) is 47.7 Å². The molecule has 1 aromatic heterocycles. The van der Waals surface area contributed by atoms with Crippen molar-refractivity contribution in [2.24, 2.45) is 5.41 Å². The van der Waals surface area contributed by atoms with E-state index in [0.29, 0.717) is 34.7 Å². The van der Waals surface area contributed by atoms with E-state index >= 15 is 0 Å². The minimum Gasteiger partial charge on any atom is -0.493 e. The van der Waals surface area contributed by atoms with E-state index in [2.05, 4.69) is 19.2 Å². The number of allylic oxidation sites excluding steroid dienone is 2. The van der Waals surface area contributed by atoms with E-state index in [1.807, 2.05) is 42.5 Å². The lowest BCUT2D eigenvalue weighted by molar-refractivity contribution is -0.118. The first-order chi connectivity index (χ1) is 15.8. The first kappa shape index (κ1) is 21.5. The van der Waals surface area contributed by atoms with E-state index in [1.165, 1.54) is 0 Å². The number of nitrogens with one attached hydrogen (secondary N) is 1. The zero-order valence-corrected chi connectivity index (χ0v) is 19.7. The monoisotopic (exact) mass is 464 g/mol. The highest BCUT2D eigenvalue weighted by Crippen LogP contribution is 2.46. The molecule has 0 saturated heterocycles. The number of carbonyl (C=O) groups is 1. The molecular weight excluding hydrogens is 440 g/mol. The average Bonchev–Trinajstić information content (AvgIpc) is 3.20. The number of anilines is 1. The molecule has 2 heterocycles. The van der Waals surface area contributed by atoms with Gasteiger partial charge in [-0.3, -0.25) is 4.79 Å². The highest BCUT2D eigenvalue weighted by atomic mass is 35.5. The van der Waals surface area contributed by atoms with Crippen LogP contribution in [0.3, 0.4) is 0 Å². The highest BCUT2D eigenvalue weighted by Gasteiger charge is 2.41. The van der Waals surface area contributed by atoms with Crippen molar-refractivity contribution >= 4 is 23.3 Å². The first-order valence-electron chi connectivity index (χ1n) is 10.8. The van der Waals surface area contributed by atoms with E-state index in [1.54, 1.807) is 18.9 Å². The van der Waals surface area contributed by atoms with Gasteiger partial charge >= 0.3 is 0 Å². The molecule has 8 heteroatoms. The Hall–Kier alpha value is -3.32. The largest absolute Gasteiger partial charge is 0.493 e. The molecule has 0 fully saturated rings. The number of hydrogen-bond donors (Lipinski definition) is 1. The predicted octanol–water partition coefficient (Wildman–Crippen LogP) is 5.27. The Balaban J connectivity index is 1.65. The highest BCUT2D eigenvalue weighted by molar-refractivity contribution is 6.30. The number of aromatic nitrogens is 3. The SMILES string of the molecule is COc1ccc(-c2nc3n(n2)[C@H](c2ccc(Cl)cc2)C2=C(CC(C)(C)CC2=O)N3)cc1OC. The molecule has 0 saturated carbocycles. The van der Waals surface area contributed by atoms with Gasteiger partial charge in [0.1, 0.15) is 6.04 Å². The summed E-state index contributed by atoms with van der Waals surface area (Å²) >= 11 is 6.14. The van der Waals surface area contributed by atoms with Crippen LogP contribution >= 0.6 is 11.6 Å². The van der Waals surface area contributed by atoms with Gasteiger partial charge in [0.15, 0.2) is 23.1 Å². The van der Waals surface area contributed by atoms with Gasteiger partial charge in [-0.2, -0.15) is 4.98 Å². The fourth-order valence-electron chi connectivity index (χ4n) is 4.66. The minimum absolute atomic E-state index is 0.123. The average molecular weight is 465 g/mol. The summed E-state index contributed by atoms with van der Waals surface area (Å²) in [5.41, 5.74) is 3.26. The van der Waals surface area contributed by atoms with Gasteiger partial charge < -0.3 is 14.8 Å². The number of methoxy groups -OCH3 is 2. The van der Waals surface area contributed by atoms with Gasteiger partial charge in [0.2, 0.25) is 5.95 Å². The van der Waals surface area contributed by atoms with Crippen LogP contribution in [0.25, 0.3) is 11.4 Å². The molecule has 1 N–H and O–H groups in total. The van der Waals surface area contributed by atoms with Crippen molar-refractivity contribution in [1.82, 2.24) is 14.8 Å². The van der Waals surface area contributed by atoms with Gasteiger partial charge in [-0.25, -0.2) is 4.68 Å². The third-order valence-corrected chi connectivity index (χ3v) is 6.41. The van der Waals surface area contributed by atoms with Gasteiger partial charge in [0.05, 0.1) is 14.2 Å². The molecule has 33 heavy (non-hydrogen) atoms. The summed E-state index contributed by atoms with van der Waals surface area (Å²) in [6.07, 6.45) is 1.25. The fourth-order valence-corrected chi connectivity index (χ4v) is 4.79. The number of fused-ring (bicyclic) bond motifs is 1. The summed E-state index contributed by atoms with van der Waals surface area (Å²) in [5.74, 6) is 2.49. The van der Waals surface area contributed by atoms with E-state index < -0.39 is 0 Å². The van der Waals surface area contributed by atoms with Crippen molar-refractivity contribution < 1.29 is 14.3 Å². The Bertz CT molecular complexity index is 1280. The van der Waals surface area contributed by atoms with E-state index in [-0.39, 0.29) is 17.2 Å². The number of ether oxygens (including phenoxy) is 2. The zero-order valence-electron chi connectivity index (χ0n) is 19.0. The van der Waals surface area contributed by atoms with Crippen LogP contribution in [0.5, 0.6) is 11.5 Å². The number of benzene rings is 2. The molecule has 1 aliphatic heterocycles. The summed E-state index contributed by atoms with van der Waals surface area (Å²) < 4.78 is 12.6. The number of hydrogen-bond acceptors (Lipinski definition) is 6. The second kappa shape index (κ2) is 7.92. The van der Waals surface area contributed by atoms with Crippen LogP contribution in [-0.2, 0) is 4.79 Å². The normalized spacial score (nSPS) is 18.9. The van der Waals surface area contributed by atoms with E-state index in [9.17, 15) is 4.79 Å². The number of Topliss-reactive ketones (excluding diaryl/α,β-unsaturated/α-hetero) is 1. The number of ketones is 1. The lowest BCUT2D eigenvalue weighted by Crippen LogP contribution is -2.36. The number of rotatable bonds is 4. The number of halogens is 1. The summed E-state index contributed by atoms with van der Waals surface area (Å²) in [6.45, 7) is 4.23. The molecule has 0 bridgehead atoms. The van der Waals surface area contributed by atoms with Crippen LogP contribution in [0.15, 0.2) is 53.7 Å². The zero-order chi connectivity index (χ0) is 23.3. The molecule has 1 aliphatic carbocycles. The van der Waals surface area contributed by atoms with E-state index in [0.717, 1.165) is 28.8 Å². The van der Waals surface area contributed by atoms with Crippen LogP contribution in [-0.4, -0.2) is 34.8 Å². The lowest BCUT2D eigenvalue weighted by atomic mass is 9.73. The van der Waals surface area contributed by atoms with Crippen molar-refractivity contribution in [3.8, 4) is 22.9 Å². The van der Waals surface area contributed by atoms with Crippen LogP contribution in [0.1, 0.15) is 38.3 Å². The summed E-state index contributed by atoms with van der Waals surface area (Å²) in [7, 11) is 3.19. The molecular formula is C25H25ClN4O3. The van der Waals surface area contributed by atoms with Crippen molar-refractivity contribution in [3.05, 3.63) is 64.3 Å². The smallest absolute Gasteiger partial charge is 0.226 e. The summed E-state index contributed by atoms with van der Waals surface area (Å²) in [5, 5.41) is 8.87. The van der Waals surface area contributed by atoms with Gasteiger partial charge in [0, 0.05) is 28.3 Å². The van der Waals surface area contributed by atoms with Crippen LogP contribution in [0, 0.1) is 5.41 Å². The Morgan fingerprint density at radius 3 is 2.48 bits per heavy atom. The Morgan fingerprint density at radius 1 is 1.06 bits per heavy atom. The molecule has 7 nitrogen and oxygen atoms in total. The van der Waals surface area contributed by atoms with Gasteiger partial charge in [-0.15, -0.1) is 5.10 Å². The molecule has 0 radical (unpaired) electrons. The Labute approximate surface area is 197 Å². The maximum Gasteiger partial charge on any atom is 0.226 e. The van der Waals surface area contributed by atoms with E-state index in [4.69, 9.17) is 31.2 Å². The van der Waals surface area contributed by atoms with Crippen LogP contribution in [0.2, 0.25) is 5.02 Å². The quantitative estimate of drug-likeness (QED) is 0.566. The molecule has 2 aliphatic rings. The van der Waals surface area contributed by atoms with Crippen molar-refractivity contribution in [2.75, 3.05) is 19.5 Å².